The van der Waals surface area contributed by atoms with E-state index in [2.05, 4.69) is 23.3 Å². The van der Waals surface area contributed by atoms with Gasteiger partial charge in [-0.25, -0.2) is 9.37 Å². The number of rotatable bonds is 4. The molecule has 0 radical (unpaired) electrons. The highest BCUT2D eigenvalue weighted by Gasteiger charge is 2.24. The first-order chi connectivity index (χ1) is 15.0. The molecule has 2 aromatic heterocycles. The van der Waals surface area contributed by atoms with E-state index >= 15 is 4.39 Å². The number of nitrogens with one attached hydrogen (secondary N) is 1. The molecule has 0 atom stereocenters. The Morgan fingerprint density at radius 2 is 1.87 bits per heavy atom. The number of allylic oxidation sites excluding steroid dienone is 3. The van der Waals surface area contributed by atoms with Crippen LogP contribution in [0.2, 0.25) is 0 Å². The van der Waals surface area contributed by atoms with E-state index in [-0.39, 0.29) is 0 Å². The number of aliphatic imine (C=N–C) groups is 1. The highest BCUT2D eigenvalue weighted by Crippen LogP contribution is 2.38. The summed E-state index contributed by atoms with van der Waals surface area (Å²) in [7, 11) is 0. The number of aromatic nitrogens is 2. The van der Waals surface area contributed by atoms with Crippen LogP contribution in [0.3, 0.4) is 0 Å². The number of hydrogen-bond acceptors (Lipinski definition) is 4. The van der Waals surface area contributed by atoms with Crippen LogP contribution >= 0.6 is 0 Å². The summed E-state index contributed by atoms with van der Waals surface area (Å²) in [6, 6.07) is 11.7. The van der Waals surface area contributed by atoms with Crippen LogP contribution in [0.25, 0.3) is 11.2 Å². The molecule has 1 aliphatic heterocycles. The van der Waals surface area contributed by atoms with Crippen molar-refractivity contribution in [2.24, 2.45) is 4.99 Å². The maximum atomic E-state index is 15.0. The molecule has 3 aromatic rings. The molecule has 1 aliphatic rings. The smallest absolute Gasteiger partial charge is 0.150 e. The van der Waals surface area contributed by atoms with Crippen molar-refractivity contribution in [2.45, 2.75) is 47.5 Å². The average Bonchev–Trinajstić information content (AvgIpc) is 3.04. The number of anilines is 3. The minimum absolute atomic E-state index is 0.390. The quantitative estimate of drug-likeness (QED) is 0.467. The number of pyridine rings is 1. The predicted octanol–water partition coefficient (Wildman–Crippen LogP) is 6.62. The number of para-hydroxylation sites is 1. The Balaban J connectivity index is 0.00000132. The van der Waals surface area contributed by atoms with Gasteiger partial charge in [0.15, 0.2) is 5.83 Å². The maximum Gasteiger partial charge on any atom is 0.150 e. The molecule has 0 fully saturated rings. The number of halogens is 1. The summed E-state index contributed by atoms with van der Waals surface area (Å²) in [6.07, 6.45) is 4.34. The molecule has 4 rings (SSSR count). The lowest BCUT2D eigenvalue weighted by Gasteiger charge is -2.16. The molecule has 6 heteroatoms. The fourth-order valence-electron chi connectivity index (χ4n) is 3.70. The summed E-state index contributed by atoms with van der Waals surface area (Å²) < 4.78 is 17.1. The molecule has 0 aliphatic carbocycles. The third-order valence-corrected chi connectivity index (χ3v) is 5.23. The first kappa shape index (κ1) is 22.3. The van der Waals surface area contributed by atoms with Crippen LogP contribution in [0.15, 0.2) is 59.0 Å². The van der Waals surface area contributed by atoms with Crippen molar-refractivity contribution >= 4 is 34.6 Å². The van der Waals surface area contributed by atoms with E-state index in [1.54, 1.807) is 6.21 Å². The average molecular weight is 420 g/mol. The predicted molar refractivity (Wildman–Crippen MR) is 130 cm³/mol. The van der Waals surface area contributed by atoms with Gasteiger partial charge in [-0.05, 0) is 44.0 Å². The van der Waals surface area contributed by atoms with Crippen LogP contribution in [0.1, 0.15) is 51.1 Å². The number of fused-ring (bicyclic) bond motifs is 1. The van der Waals surface area contributed by atoms with E-state index in [0.29, 0.717) is 29.2 Å². The van der Waals surface area contributed by atoms with Gasteiger partial charge in [-0.1, -0.05) is 44.5 Å². The van der Waals surface area contributed by atoms with Crippen molar-refractivity contribution in [3.63, 3.8) is 0 Å². The van der Waals surface area contributed by atoms with Crippen molar-refractivity contribution < 1.29 is 4.39 Å². The first-order valence-corrected chi connectivity index (χ1v) is 10.7. The summed E-state index contributed by atoms with van der Waals surface area (Å²) in [5, 5.41) is 3.47. The van der Waals surface area contributed by atoms with Crippen LogP contribution in [0.5, 0.6) is 0 Å². The van der Waals surface area contributed by atoms with Gasteiger partial charge in [-0.2, -0.15) is 0 Å². The number of benzene rings is 1. The molecule has 1 aromatic carbocycles. The Morgan fingerprint density at radius 3 is 2.58 bits per heavy atom. The summed E-state index contributed by atoms with van der Waals surface area (Å²) in [5.74, 6) is 0.316. The summed E-state index contributed by atoms with van der Waals surface area (Å²) >= 11 is 0. The second kappa shape index (κ2) is 9.60. The second-order valence-corrected chi connectivity index (χ2v) is 7.21. The molecule has 0 spiro atoms. The Labute approximate surface area is 183 Å². The molecular weight excluding hydrogens is 389 g/mol. The molecule has 0 saturated carbocycles. The standard InChI is InChI=1S/C23H24FN5.C2H6/c1-4-16-8-6-10-19-27-22(20-14(2)11-12-26-13-17(20)24)23(29(16)19)28-21-15(3)7-5-9-18(21)25;1-2/h5-10,12-13,28H,4,11,25H2,1-3H3;1-2H3. The van der Waals surface area contributed by atoms with E-state index in [4.69, 9.17) is 10.7 Å². The van der Waals surface area contributed by atoms with Crippen LogP contribution in [0, 0.1) is 6.92 Å². The zero-order chi connectivity index (χ0) is 22.5. The summed E-state index contributed by atoms with van der Waals surface area (Å²) in [6.45, 7) is 9.99. The van der Waals surface area contributed by atoms with E-state index in [9.17, 15) is 0 Å². The Hall–Kier alpha value is -3.41. The van der Waals surface area contributed by atoms with Crippen molar-refractivity contribution in [3.8, 4) is 0 Å². The number of aryl methyl sites for hydroxylation is 2. The molecular formula is C25H30FN5. The van der Waals surface area contributed by atoms with Gasteiger partial charge in [0.2, 0.25) is 0 Å². The fourth-order valence-corrected chi connectivity index (χ4v) is 3.70. The Morgan fingerprint density at radius 1 is 1.13 bits per heavy atom. The van der Waals surface area contributed by atoms with E-state index in [1.807, 2.05) is 62.4 Å². The molecule has 0 amide bonds. The monoisotopic (exact) mass is 419 g/mol. The first-order valence-electron chi connectivity index (χ1n) is 10.7. The molecule has 3 N–H and O–H groups in total. The third-order valence-electron chi connectivity index (χ3n) is 5.23. The topological polar surface area (TPSA) is 67.7 Å². The highest BCUT2D eigenvalue weighted by atomic mass is 19.1. The van der Waals surface area contributed by atoms with Gasteiger partial charge in [0.1, 0.15) is 17.2 Å². The highest BCUT2D eigenvalue weighted by molar-refractivity contribution is 5.90. The Bertz CT molecular complexity index is 1160. The molecule has 0 saturated heterocycles. The molecule has 0 bridgehead atoms. The molecule has 31 heavy (non-hydrogen) atoms. The van der Waals surface area contributed by atoms with Crippen molar-refractivity contribution in [1.29, 1.82) is 0 Å². The zero-order valence-corrected chi connectivity index (χ0v) is 18.8. The van der Waals surface area contributed by atoms with Gasteiger partial charge >= 0.3 is 0 Å². The molecule has 5 nitrogen and oxygen atoms in total. The van der Waals surface area contributed by atoms with Gasteiger partial charge in [0.05, 0.1) is 17.6 Å². The van der Waals surface area contributed by atoms with Crippen molar-refractivity contribution in [3.05, 3.63) is 70.9 Å². The van der Waals surface area contributed by atoms with E-state index in [1.165, 1.54) is 6.20 Å². The van der Waals surface area contributed by atoms with Gasteiger partial charge in [-0.3, -0.25) is 9.39 Å². The number of hydrogen-bond donors (Lipinski definition) is 2. The molecule has 0 unspecified atom stereocenters. The third kappa shape index (κ3) is 4.24. The van der Waals surface area contributed by atoms with E-state index < -0.39 is 5.83 Å². The number of nitrogens with two attached hydrogens (primary N) is 1. The van der Waals surface area contributed by atoms with Gasteiger partial charge < -0.3 is 11.1 Å². The van der Waals surface area contributed by atoms with Gasteiger partial charge in [0.25, 0.3) is 0 Å². The SMILES string of the molecule is CC.CCc1cccc2nc(C3=C(C)CC=NC=C3F)c(Nc3c(C)cccc3N)n12. The Kier molecular flexibility index (Phi) is 6.90. The molecule has 3 heterocycles. The lowest BCUT2D eigenvalue weighted by Crippen LogP contribution is -2.06. The number of nitrogens with zero attached hydrogens (tertiary/aromatic N) is 3. The largest absolute Gasteiger partial charge is 0.397 e. The minimum atomic E-state index is -0.390. The lowest BCUT2D eigenvalue weighted by atomic mass is 10.0. The van der Waals surface area contributed by atoms with Crippen LogP contribution in [-0.2, 0) is 6.42 Å². The maximum absolute atomic E-state index is 15.0. The van der Waals surface area contributed by atoms with Crippen LogP contribution < -0.4 is 11.1 Å². The summed E-state index contributed by atoms with van der Waals surface area (Å²) in [4.78, 5) is 8.84. The molecule has 162 valence electrons. The minimum Gasteiger partial charge on any atom is -0.397 e. The van der Waals surface area contributed by atoms with Gasteiger partial charge in [-0.15, -0.1) is 0 Å². The number of nitrogen functional groups attached to an aromatic ring is 1. The van der Waals surface area contributed by atoms with Crippen molar-refractivity contribution in [1.82, 2.24) is 9.38 Å². The summed E-state index contributed by atoms with van der Waals surface area (Å²) in [5.41, 5.74) is 12.4. The van der Waals surface area contributed by atoms with Crippen LogP contribution in [0.4, 0.5) is 21.6 Å². The number of imidazole rings is 1. The second-order valence-electron chi connectivity index (χ2n) is 7.21. The zero-order valence-electron chi connectivity index (χ0n) is 18.8. The fraction of sp³-hybridized carbons (Fsp3) is 0.280. The van der Waals surface area contributed by atoms with E-state index in [0.717, 1.165) is 34.6 Å². The van der Waals surface area contributed by atoms with Crippen LogP contribution in [-0.4, -0.2) is 15.6 Å². The van der Waals surface area contributed by atoms with Gasteiger partial charge in [0, 0.05) is 23.9 Å². The normalized spacial score (nSPS) is 13.5. The van der Waals surface area contributed by atoms with Crippen molar-refractivity contribution in [2.75, 3.05) is 11.1 Å². The lowest BCUT2D eigenvalue weighted by molar-refractivity contribution is 0.669.